The Hall–Kier alpha value is -2.62. The van der Waals surface area contributed by atoms with E-state index in [9.17, 15) is 9.59 Å². The fraction of sp³-hybridized carbons (Fsp3) is 0.176. The highest BCUT2D eigenvalue weighted by molar-refractivity contribution is 5.91. The fourth-order valence-corrected chi connectivity index (χ4v) is 1.83. The zero-order chi connectivity index (χ0) is 15.2. The van der Waals surface area contributed by atoms with Gasteiger partial charge in [-0.25, -0.2) is 4.79 Å². The number of para-hydroxylation sites is 1. The minimum atomic E-state index is -0.452. The molecule has 108 valence electrons. The Kier molecular flexibility index (Phi) is 4.72. The van der Waals surface area contributed by atoms with Crippen molar-refractivity contribution in [2.45, 2.75) is 13.3 Å². The van der Waals surface area contributed by atoms with E-state index in [0.717, 1.165) is 5.56 Å². The molecule has 0 heterocycles. The first-order chi connectivity index (χ1) is 10.1. The van der Waals surface area contributed by atoms with Crippen molar-refractivity contribution in [1.29, 1.82) is 0 Å². The Labute approximate surface area is 123 Å². The normalized spacial score (nSPS) is 10.0. The molecule has 0 fully saturated rings. The molecule has 0 aliphatic rings. The molecule has 2 rings (SSSR count). The molecule has 0 amide bonds. The van der Waals surface area contributed by atoms with Gasteiger partial charge >= 0.3 is 11.9 Å². The molecular weight excluding hydrogens is 268 g/mol. The molecule has 21 heavy (non-hydrogen) atoms. The smallest absolute Gasteiger partial charge is 0.343 e. The summed E-state index contributed by atoms with van der Waals surface area (Å²) >= 11 is 0. The van der Waals surface area contributed by atoms with Gasteiger partial charge in [0.2, 0.25) is 0 Å². The molecule has 0 N–H and O–H groups in total. The predicted octanol–water partition coefficient (Wildman–Crippen LogP) is 2.93. The Morgan fingerprint density at radius 1 is 1.00 bits per heavy atom. The summed E-state index contributed by atoms with van der Waals surface area (Å²) in [6, 6.07) is 14.0. The zero-order valence-electron chi connectivity index (χ0n) is 12.0. The fourth-order valence-electron chi connectivity index (χ4n) is 1.83. The number of rotatable bonds is 4. The molecule has 0 atom stereocenters. The van der Waals surface area contributed by atoms with Gasteiger partial charge in [-0.3, -0.25) is 4.79 Å². The molecule has 0 aromatic heterocycles. The molecule has 0 bridgehead atoms. The van der Waals surface area contributed by atoms with Crippen molar-refractivity contribution in [3.63, 3.8) is 0 Å². The third-order valence-corrected chi connectivity index (χ3v) is 3.02. The van der Waals surface area contributed by atoms with Gasteiger partial charge in [-0.15, -0.1) is 0 Å². The number of ether oxygens (including phenoxy) is 2. The molecule has 2 aromatic rings. The summed E-state index contributed by atoms with van der Waals surface area (Å²) < 4.78 is 10.0. The molecule has 4 heteroatoms. The van der Waals surface area contributed by atoms with Crippen molar-refractivity contribution in [3.8, 4) is 5.75 Å². The first-order valence-electron chi connectivity index (χ1n) is 6.53. The highest BCUT2D eigenvalue weighted by Gasteiger charge is 2.13. The van der Waals surface area contributed by atoms with Crippen LogP contribution in [0.4, 0.5) is 0 Å². The molecule has 0 saturated carbocycles. The maximum absolute atomic E-state index is 12.1. The van der Waals surface area contributed by atoms with Gasteiger partial charge in [-0.1, -0.05) is 35.9 Å². The van der Waals surface area contributed by atoms with Gasteiger partial charge in [0.25, 0.3) is 0 Å². The minimum Gasteiger partial charge on any atom is -0.469 e. The number of carbonyl (C=O) groups excluding carboxylic acids is 2. The highest BCUT2D eigenvalue weighted by Crippen LogP contribution is 2.20. The Morgan fingerprint density at radius 2 is 1.67 bits per heavy atom. The monoisotopic (exact) mass is 284 g/mol. The summed E-state index contributed by atoms with van der Waals surface area (Å²) in [5.74, 6) is -0.463. The van der Waals surface area contributed by atoms with E-state index < -0.39 is 5.97 Å². The second-order valence-corrected chi connectivity index (χ2v) is 4.62. The van der Waals surface area contributed by atoms with Gasteiger partial charge in [-0.05, 0) is 25.1 Å². The number of hydrogen-bond donors (Lipinski definition) is 0. The Morgan fingerprint density at radius 3 is 2.33 bits per heavy atom. The van der Waals surface area contributed by atoms with Crippen LogP contribution in [0, 0.1) is 6.92 Å². The van der Waals surface area contributed by atoms with E-state index >= 15 is 0 Å². The van der Waals surface area contributed by atoms with Crippen LogP contribution in [-0.2, 0) is 16.0 Å². The lowest BCUT2D eigenvalue weighted by Crippen LogP contribution is -2.12. The van der Waals surface area contributed by atoms with Crippen LogP contribution in [0.3, 0.4) is 0 Å². The van der Waals surface area contributed by atoms with Gasteiger partial charge in [0.15, 0.2) is 0 Å². The van der Waals surface area contributed by atoms with Gasteiger partial charge in [0, 0.05) is 5.56 Å². The van der Waals surface area contributed by atoms with Crippen LogP contribution >= 0.6 is 0 Å². The summed E-state index contributed by atoms with van der Waals surface area (Å²) in [5, 5.41) is 0. The molecule has 0 saturated heterocycles. The standard InChI is InChI=1S/C17H16O4/c1-12-7-9-13(10-8-12)17(19)21-15-6-4-3-5-14(15)11-16(18)20-2/h3-10H,11H2,1-2H3. The van der Waals surface area contributed by atoms with Crippen LogP contribution in [0.25, 0.3) is 0 Å². The third kappa shape index (κ3) is 3.92. The number of esters is 2. The number of methoxy groups -OCH3 is 1. The summed E-state index contributed by atoms with van der Waals surface area (Å²) in [7, 11) is 1.32. The summed E-state index contributed by atoms with van der Waals surface area (Å²) in [6.45, 7) is 1.95. The first kappa shape index (κ1) is 14.8. The average molecular weight is 284 g/mol. The highest BCUT2D eigenvalue weighted by atomic mass is 16.5. The maximum atomic E-state index is 12.1. The van der Waals surface area contributed by atoms with Crippen molar-refractivity contribution in [2.75, 3.05) is 7.11 Å². The third-order valence-electron chi connectivity index (χ3n) is 3.02. The van der Waals surface area contributed by atoms with E-state index in [2.05, 4.69) is 4.74 Å². The van der Waals surface area contributed by atoms with Crippen LogP contribution in [0.15, 0.2) is 48.5 Å². The molecule has 0 radical (unpaired) electrons. The molecular formula is C17H16O4. The molecule has 0 aliphatic carbocycles. The predicted molar refractivity (Wildman–Crippen MR) is 78.3 cm³/mol. The lowest BCUT2D eigenvalue weighted by atomic mass is 10.1. The van der Waals surface area contributed by atoms with Gasteiger partial charge in [0.1, 0.15) is 5.75 Å². The van der Waals surface area contributed by atoms with Crippen molar-refractivity contribution in [3.05, 3.63) is 65.2 Å². The lowest BCUT2D eigenvalue weighted by molar-refractivity contribution is -0.139. The number of hydrogen-bond acceptors (Lipinski definition) is 4. The van der Waals surface area contributed by atoms with Crippen molar-refractivity contribution < 1.29 is 19.1 Å². The Bertz CT molecular complexity index is 644. The van der Waals surface area contributed by atoms with Crippen LogP contribution in [0.5, 0.6) is 5.75 Å². The van der Waals surface area contributed by atoms with E-state index in [1.165, 1.54) is 7.11 Å². The summed E-state index contributed by atoms with van der Waals surface area (Å²) in [5.41, 5.74) is 2.15. The minimum absolute atomic E-state index is 0.0633. The second-order valence-electron chi connectivity index (χ2n) is 4.62. The van der Waals surface area contributed by atoms with E-state index in [-0.39, 0.29) is 12.4 Å². The Balaban J connectivity index is 2.17. The van der Waals surface area contributed by atoms with Crippen LogP contribution in [0.1, 0.15) is 21.5 Å². The van der Waals surface area contributed by atoms with Gasteiger partial charge in [0.05, 0.1) is 19.1 Å². The number of carbonyl (C=O) groups is 2. The van der Waals surface area contributed by atoms with Crippen molar-refractivity contribution in [1.82, 2.24) is 0 Å². The molecule has 0 aliphatic heterocycles. The van der Waals surface area contributed by atoms with E-state index in [4.69, 9.17) is 4.74 Å². The van der Waals surface area contributed by atoms with E-state index in [1.54, 1.807) is 36.4 Å². The largest absolute Gasteiger partial charge is 0.469 e. The van der Waals surface area contributed by atoms with E-state index in [1.807, 2.05) is 19.1 Å². The summed E-state index contributed by atoms with van der Waals surface area (Å²) in [4.78, 5) is 23.5. The SMILES string of the molecule is COC(=O)Cc1ccccc1OC(=O)c1ccc(C)cc1. The van der Waals surface area contributed by atoms with Crippen molar-refractivity contribution in [2.24, 2.45) is 0 Å². The molecule has 0 spiro atoms. The zero-order valence-corrected chi connectivity index (χ0v) is 12.0. The summed E-state index contributed by atoms with van der Waals surface area (Å²) in [6.07, 6.45) is 0.0633. The molecule has 2 aromatic carbocycles. The number of benzene rings is 2. The molecule has 0 unspecified atom stereocenters. The van der Waals surface area contributed by atoms with E-state index in [0.29, 0.717) is 16.9 Å². The first-order valence-corrected chi connectivity index (χ1v) is 6.53. The second kappa shape index (κ2) is 6.70. The molecule has 4 nitrogen and oxygen atoms in total. The number of aryl methyl sites for hydroxylation is 1. The maximum Gasteiger partial charge on any atom is 0.343 e. The van der Waals surface area contributed by atoms with Crippen LogP contribution < -0.4 is 4.74 Å². The van der Waals surface area contributed by atoms with Crippen LogP contribution in [-0.4, -0.2) is 19.0 Å². The average Bonchev–Trinajstić information content (AvgIpc) is 2.49. The topological polar surface area (TPSA) is 52.6 Å². The van der Waals surface area contributed by atoms with Gasteiger partial charge in [-0.2, -0.15) is 0 Å². The quantitative estimate of drug-likeness (QED) is 0.640. The van der Waals surface area contributed by atoms with Crippen molar-refractivity contribution >= 4 is 11.9 Å². The van der Waals surface area contributed by atoms with Crippen LogP contribution in [0.2, 0.25) is 0 Å². The van der Waals surface area contributed by atoms with Gasteiger partial charge < -0.3 is 9.47 Å². The lowest BCUT2D eigenvalue weighted by Gasteiger charge is -2.09.